The average Bonchev–Trinajstić information content (AvgIpc) is 3.16. The molecule has 1 aliphatic rings. The first-order chi connectivity index (χ1) is 17.1. The van der Waals surface area contributed by atoms with Gasteiger partial charge in [0, 0.05) is 16.2 Å². The first-order valence-corrected chi connectivity index (χ1v) is 14.6. The first kappa shape index (κ1) is 26.5. The number of nitrogens with zero attached hydrogens (tertiary/aromatic N) is 1. The Morgan fingerprint density at radius 3 is 1.86 bits per heavy atom. The van der Waals surface area contributed by atoms with Gasteiger partial charge < -0.3 is 5.11 Å². The minimum absolute atomic E-state index is 0.191. The number of rotatable bonds is 8. The van der Waals surface area contributed by atoms with Crippen LogP contribution in [0.1, 0.15) is 48.1 Å². The quantitative estimate of drug-likeness (QED) is 0.370. The molecule has 4 rings (SSSR count). The van der Waals surface area contributed by atoms with Crippen molar-refractivity contribution in [3.05, 3.63) is 95.1 Å². The van der Waals surface area contributed by atoms with E-state index in [9.17, 15) is 18.3 Å². The molecule has 3 aromatic rings. The molecule has 4 atom stereocenters. The van der Waals surface area contributed by atoms with Crippen molar-refractivity contribution < 1.29 is 18.3 Å². The molecule has 0 aromatic heterocycles. The molecule has 190 valence electrons. The maximum absolute atomic E-state index is 14.2. The molecule has 0 spiro atoms. The molecule has 5 nitrogen and oxygen atoms in total. The lowest BCUT2D eigenvalue weighted by Crippen LogP contribution is -2.40. The predicted molar refractivity (Wildman–Crippen MR) is 145 cm³/mol. The van der Waals surface area contributed by atoms with Crippen molar-refractivity contribution in [2.45, 2.75) is 67.7 Å². The van der Waals surface area contributed by atoms with Crippen LogP contribution in [0.3, 0.4) is 0 Å². The summed E-state index contributed by atoms with van der Waals surface area (Å²) in [6, 6.07) is 21.1. The molecule has 0 radical (unpaired) electrons. The van der Waals surface area contributed by atoms with Crippen molar-refractivity contribution in [1.82, 2.24) is 4.31 Å². The summed E-state index contributed by atoms with van der Waals surface area (Å²) in [6.45, 7) is 7.90. The van der Waals surface area contributed by atoms with Crippen molar-refractivity contribution in [2.75, 3.05) is 0 Å². The van der Waals surface area contributed by atoms with Gasteiger partial charge in [-0.25, -0.2) is 8.42 Å². The Morgan fingerprint density at radius 2 is 1.36 bits per heavy atom. The maximum Gasteiger partial charge on any atom is 0.309 e. The summed E-state index contributed by atoms with van der Waals surface area (Å²) < 4.78 is 29.9. The number of hydrogen-bond donors (Lipinski definition) is 1. The highest BCUT2D eigenvalue weighted by atomic mass is 32.2. The van der Waals surface area contributed by atoms with Crippen LogP contribution in [0.2, 0.25) is 0 Å². The van der Waals surface area contributed by atoms with Crippen molar-refractivity contribution in [1.29, 1.82) is 0 Å². The Kier molecular flexibility index (Phi) is 7.93. The smallest absolute Gasteiger partial charge is 0.309 e. The molecule has 1 saturated heterocycles. The highest BCUT2D eigenvalue weighted by Gasteiger charge is 2.57. The minimum Gasteiger partial charge on any atom is -0.481 e. The lowest BCUT2D eigenvalue weighted by Gasteiger charge is -2.31. The van der Waals surface area contributed by atoms with Gasteiger partial charge in [-0.1, -0.05) is 78.6 Å². The van der Waals surface area contributed by atoms with Gasteiger partial charge in [0.1, 0.15) is 0 Å². The van der Waals surface area contributed by atoms with E-state index >= 15 is 0 Å². The monoisotopic (exact) mass is 523 g/mol. The van der Waals surface area contributed by atoms with Gasteiger partial charge in [0.2, 0.25) is 10.0 Å². The maximum atomic E-state index is 14.2. The SMILES string of the molecule is CCC[C@@H]1[C@@H](Sc2ccc(C)cc2)[C@@H](C(=O)O)[C@H](c2ccc(C)cc2)N1S(=O)(=O)c1ccc(C)cc1. The van der Waals surface area contributed by atoms with Crippen molar-refractivity contribution >= 4 is 27.8 Å². The van der Waals surface area contributed by atoms with Crippen LogP contribution in [-0.4, -0.2) is 35.1 Å². The standard InChI is InChI=1S/C29H33NO4S2/c1-5-6-25-28(35-23-15-9-20(3)10-16-23)26(29(31)32)27(22-13-7-19(2)8-14-22)30(25)36(33,34)24-17-11-21(4)12-18-24/h7-18,25-28H,5-6H2,1-4H3,(H,31,32)/t25-,26+,27+,28-/m1/s1. The zero-order valence-corrected chi connectivity index (χ0v) is 22.7. The van der Waals surface area contributed by atoms with E-state index in [2.05, 4.69) is 0 Å². The number of aliphatic carboxylic acids is 1. The van der Waals surface area contributed by atoms with E-state index in [1.165, 1.54) is 16.1 Å². The second-order valence-corrected chi connectivity index (χ2v) is 12.7. The van der Waals surface area contributed by atoms with E-state index in [1.54, 1.807) is 24.3 Å². The molecule has 1 N–H and O–H groups in total. The van der Waals surface area contributed by atoms with Gasteiger partial charge >= 0.3 is 5.97 Å². The summed E-state index contributed by atoms with van der Waals surface area (Å²) in [6.07, 6.45) is 1.31. The molecule has 0 aliphatic carbocycles. The number of benzene rings is 3. The molecule has 1 fully saturated rings. The summed E-state index contributed by atoms with van der Waals surface area (Å²) in [5, 5.41) is 10.1. The fraction of sp³-hybridized carbons (Fsp3) is 0.345. The molecule has 0 unspecified atom stereocenters. The van der Waals surface area contributed by atoms with Crippen LogP contribution in [0.4, 0.5) is 0 Å². The first-order valence-electron chi connectivity index (χ1n) is 12.3. The molecular formula is C29H33NO4S2. The van der Waals surface area contributed by atoms with Gasteiger partial charge in [-0.2, -0.15) is 4.31 Å². The molecule has 1 heterocycles. The third kappa shape index (κ3) is 5.24. The lowest BCUT2D eigenvalue weighted by molar-refractivity contribution is -0.142. The minimum atomic E-state index is -3.98. The van der Waals surface area contributed by atoms with Gasteiger partial charge in [0.05, 0.1) is 16.9 Å². The van der Waals surface area contributed by atoms with E-state index < -0.39 is 39.2 Å². The average molecular weight is 524 g/mol. The van der Waals surface area contributed by atoms with Crippen LogP contribution in [0.5, 0.6) is 0 Å². The summed E-state index contributed by atoms with van der Waals surface area (Å²) in [5.41, 5.74) is 3.82. The summed E-state index contributed by atoms with van der Waals surface area (Å²) in [7, 11) is -3.98. The topological polar surface area (TPSA) is 74.7 Å². The van der Waals surface area contributed by atoms with Crippen LogP contribution >= 0.6 is 11.8 Å². The van der Waals surface area contributed by atoms with Gasteiger partial charge in [-0.3, -0.25) is 4.79 Å². The zero-order chi connectivity index (χ0) is 26.0. The summed E-state index contributed by atoms with van der Waals surface area (Å²) in [5.74, 6) is -1.89. The number of hydrogen-bond acceptors (Lipinski definition) is 4. The molecule has 0 bridgehead atoms. The van der Waals surface area contributed by atoms with Gasteiger partial charge in [-0.05, 0) is 57.0 Å². The fourth-order valence-corrected chi connectivity index (χ4v) is 8.38. The van der Waals surface area contributed by atoms with Crippen molar-refractivity contribution in [3.63, 3.8) is 0 Å². The fourth-order valence-electron chi connectivity index (χ4n) is 4.99. The third-order valence-electron chi connectivity index (χ3n) is 6.85. The Bertz CT molecular complexity index is 1300. The Hall–Kier alpha value is -2.61. The van der Waals surface area contributed by atoms with Crippen molar-refractivity contribution in [2.24, 2.45) is 5.92 Å². The number of thioether (sulfide) groups is 1. The van der Waals surface area contributed by atoms with Gasteiger partial charge in [0.25, 0.3) is 0 Å². The summed E-state index contributed by atoms with van der Waals surface area (Å²) in [4.78, 5) is 14.0. The van der Waals surface area contributed by atoms with Crippen molar-refractivity contribution in [3.8, 4) is 0 Å². The number of aryl methyl sites for hydroxylation is 3. The third-order valence-corrected chi connectivity index (χ3v) is 10.2. The second kappa shape index (κ2) is 10.8. The summed E-state index contributed by atoms with van der Waals surface area (Å²) >= 11 is 1.48. The molecule has 1 aliphatic heterocycles. The highest BCUT2D eigenvalue weighted by Crippen LogP contribution is 2.51. The van der Waals surface area contributed by atoms with Gasteiger partial charge in [0.15, 0.2) is 0 Å². The molecule has 7 heteroatoms. The van der Waals surface area contributed by atoms with E-state index in [0.717, 1.165) is 28.0 Å². The second-order valence-electron chi connectivity index (χ2n) is 9.62. The van der Waals surface area contributed by atoms with Crippen LogP contribution < -0.4 is 0 Å². The Morgan fingerprint density at radius 1 is 0.861 bits per heavy atom. The molecule has 0 saturated carbocycles. The van der Waals surface area contributed by atoms with Gasteiger partial charge in [-0.15, -0.1) is 11.8 Å². The van der Waals surface area contributed by atoms with Crippen LogP contribution in [0.25, 0.3) is 0 Å². The predicted octanol–water partition coefficient (Wildman–Crippen LogP) is 6.39. The zero-order valence-electron chi connectivity index (χ0n) is 21.1. The largest absolute Gasteiger partial charge is 0.481 e. The normalized spacial score (nSPS) is 22.6. The van der Waals surface area contributed by atoms with Crippen LogP contribution in [0, 0.1) is 26.7 Å². The molecule has 3 aromatic carbocycles. The highest BCUT2D eigenvalue weighted by molar-refractivity contribution is 8.00. The molecule has 36 heavy (non-hydrogen) atoms. The lowest BCUT2D eigenvalue weighted by atomic mass is 9.92. The number of carbonyl (C=O) groups is 1. The number of sulfonamides is 1. The Labute approximate surface area is 218 Å². The molecule has 0 amide bonds. The van der Waals surface area contributed by atoms with Crippen LogP contribution in [-0.2, 0) is 14.8 Å². The number of carboxylic acids is 1. The van der Waals surface area contributed by atoms with Crippen LogP contribution in [0.15, 0.2) is 82.6 Å². The number of carboxylic acid groups (broad SMARTS) is 1. The molecular weight excluding hydrogens is 490 g/mol. The van der Waals surface area contributed by atoms with E-state index in [4.69, 9.17) is 0 Å². The van der Waals surface area contributed by atoms with E-state index in [-0.39, 0.29) is 4.90 Å². The Balaban J connectivity index is 1.90. The van der Waals surface area contributed by atoms with E-state index in [0.29, 0.717) is 12.0 Å². The van der Waals surface area contributed by atoms with E-state index in [1.807, 2.05) is 76.2 Å².